The fraction of sp³-hybridized carbons (Fsp3) is 1.00. The molecule has 18 heavy (non-hydrogen) atoms. The van der Waals surface area contributed by atoms with Crippen LogP contribution in [0.25, 0.3) is 0 Å². The van der Waals surface area contributed by atoms with E-state index < -0.39 is 0 Å². The van der Waals surface area contributed by atoms with E-state index in [2.05, 4.69) is 29.0 Å². The standard InChI is InChI=1S/C15H31N3/c1-14(2)16-13-15-5-9-18(10-6-15)12-11-17-7-3-4-8-17/h14-16H,3-13H2,1-2H3. The zero-order valence-electron chi connectivity index (χ0n) is 12.3. The molecule has 0 aromatic carbocycles. The molecule has 1 N–H and O–H groups in total. The smallest absolute Gasteiger partial charge is 0.0109 e. The van der Waals surface area contributed by atoms with Crippen molar-refractivity contribution < 1.29 is 0 Å². The highest BCUT2D eigenvalue weighted by molar-refractivity contribution is 4.76. The average molecular weight is 253 g/mol. The van der Waals surface area contributed by atoms with Crippen LogP contribution in [0.1, 0.15) is 39.5 Å². The summed E-state index contributed by atoms with van der Waals surface area (Å²) in [7, 11) is 0. The van der Waals surface area contributed by atoms with Crippen LogP contribution in [0.15, 0.2) is 0 Å². The van der Waals surface area contributed by atoms with E-state index >= 15 is 0 Å². The van der Waals surface area contributed by atoms with Gasteiger partial charge in [0.15, 0.2) is 0 Å². The van der Waals surface area contributed by atoms with Crippen molar-refractivity contribution in [1.29, 1.82) is 0 Å². The molecular weight excluding hydrogens is 222 g/mol. The van der Waals surface area contributed by atoms with Crippen molar-refractivity contribution in [2.24, 2.45) is 5.92 Å². The molecule has 3 nitrogen and oxygen atoms in total. The van der Waals surface area contributed by atoms with Gasteiger partial charge >= 0.3 is 0 Å². The molecule has 0 aromatic heterocycles. The predicted octanol–water partition coefficient (Wildman–Crippen LogP) is 1.79. The van der Waals surface area contributed by atoms with E-state index in [0.717, 1.165) is 5.92 Å². The van der Waals surface area contributed by atoms with Gasteiger partial charge in [-0.1, -0.05) is 13.8 Å². The molecule has 0 aliphatic carbocycles. The minimum Gasteiger partial charge on any atom is -0.314 e. The summed E-state index contributed by atoms with van der Waals surface area (Å²) in [6.07, 6.45) is 5.62. The van der Waals surface area contributed by atoms with E-state index in [0.29, 0.717) is 6.04 Å². The maximum absolute atomic E-state index is 3.58. The van der Waals surface area contributed by atoms with Gasteiger partial charge in [-0.3, -0.25) is 0 Å². The summed E-state index contributed by atoms with van der Waals surface area (Å²) < 4.78 is 0. The minimum atomic E-state index is 0.637. The lowest BCUT2D eigenvalue weighted by Crippen LogP contribution is -2.41. The Labute approximate surface area is 113 Å². The second kappa shape index (κ2) is 7.46. The van der Waals surface area contributed by atoms with Crippen molar-refractivity contribution in [3.05, 3.63) is 0 Å². The number of nitrogens with one attached hydrogen (secondary N) is 1. The lowest BCUT2D eigenvalue weighted by molar-refractivity contribution is 0.162. The molecule has 0 spiro atoms. The summed E-state index contributed by atoms with van der Waals surface area (Å²) in [6.45, 7) is 13.6. The Bertz CT molecular complexity index is 216. The highest BCUT2D eigenvalue weighted by atomic mass is 15.2. The summed E-state index contributed by atoms with van der Waals surface area (Å²) in [6, 6.07) is 0.637. The van der Waals surface area contributed by atoms with Gasteiger partial charge in [-0.15, -0.1) is 0 Å². The van der Waals surface area contributed by atoms with Gasteiger partial charge < -0.3 is 15.1 Å². The highest BCUT2D eigenvalue weighted by Gasteiger charge is 2.20. The Morgan fingerprint density at radius 2 is 1.50 bits per heavy atom. The molecule has 2 rings (SSSR count). The second-order valence-corrected chi connectivity index (χ2v) is 6.40. The Balaban J connectivity index is 1.55. The van der Waals surface area contributed by atoms with Crippen LogP contribution in [-0.4, -0.2) is 61.7 Å². The fourth-order valence-electron chi connectivity index (χ4n) is 3.11. The van der Waals surface area contributed by atoms with Gasteiger partial charge in [0.25, 0.3) is 0 Å². The Hall–Kier alpha value is -0.120. The normalized spacial score (nSPS) is 24.2. The summed E-state index contributed by atoms with van der Waals surface area (Å²) in [5, 5.41) is 3.58. The largest absolute Gasteiger partial charge is 0.314 e. The molecule has 2 saturated heterocycles. The van der Waals surface area contributed by atoms with E-state index in [1.54, 1.807) is 0 Å². The number of hydrogen-bond donors (Lipinski definition) is 1. The zero-order valence-corrected chi connectivity index (χ0v) is 12.3. The molecule has 0 radical (unpaired) electrons. The summed E-state index contributed by atoms with van der Waals surface area (Å²) in [4.78, 5) is 5.30. The van der Waals surface area contributed by atoms with Crippen molar-refractivity contribution in [2.75, 3.05) is 45.8 Å². The number of piperidine rings is 1. The lowest BCUT2D eigenvalue weighted by atomic mass is 9.96. The maximum Gasteiger partial charge on any atom is 0.0109 e. The van der Waals surface area contributed by atoms with E-state index in [9.17, 15) is 0 Å². The van der Waals surface area contributed by atoms with Crippen LogP contribution >= 0.6 is 0 Å². The van der Waals surface area contributed by atoms with Crippen LogP contribution in [0.3, 0.4) is 0 Å². The highest BCUT2D eigenvalue weighted by Crippen LogP contribution is 2.16. The molecule has 3 heteroatoms. The number of nitrogens with zero attached hydrogens (tertiary/aromatic N) is 2. The maximum atomic E-state index is 3.58. The molecule has 0 saturated carbocycles. The van der Waals surface area contributed by atoms with E-state index in [4.69, 9.17) is 0 Å². The van der Waals surface area contributed by atoms with Gasteiger partial charge in [0.05, 0.1) is 0 Å². The first-order chi connectivity index (χ1) is 8.74. The number of likely N-dealkylation sites (tertiary alicyclic amines) is 2. The fourth-order valence-corrected chi connectivity index (χ4v) is 3.11. The Morgan fingerprint density at radius 1 is 0.944 bits per heavy atom. The molecule has 0 unspecified atom stereocenters. The lowest BCUT2D eigenvalue weighted by Gasteiger charge is -2.33. The van der Waals surface area contributed by atoms with Crippen molar-refractivity contribution in [3.63, 3.8) is 0 Å². The average Bonchev–Trinajstić information content (AvgIpc) is 2.88. The molecule has 2 aliphatic rings. The van der Waals surface area contributed by atoms with Gasteiger partial charge in [-0.25, -0.2) is 0 Å². The van der Waals surface area contributed by atoms with Gasteiger partial charge in [0.2, 0.25) is 0 Å². The molecular formula is C15H31N3. The molecule has 2 fully saturated rings. The van der Waals surface area contributed by atoms with Crippen LogP contribution in [-0.2, 0) is 0 Å². The molecule has 0 aromatic rings. The summed E-state index contributed by atoms with van der Waals surface area (Å²) >= 11 is 0. The molecule has 0 atom stereocenters. The van der Waals surface area contributed by atoms with Crippen molar-refractivity contribution >= 4 is 0 Å². The molecule has 2 aliphatic heterocycles. The number of hydrogen-bond acceptors (Lipinski definition) is 3. The first-order valence-electron chi connectivity index (χ1n) is 7.92. The molecule has 0 amide bonds. The molecule has 0 bridgehead atoms. The van der Waals surface area contributed by atoms with E-state index in [1.807, 2.05) is 0 Å². The first-order valence-corrected chi connectivity index (χ1v) is 7.92. The van der Waals surface area contributed by atoms with Crippen molar-refractivity contribution in [1.82, 2.24) is 15.1 Å². The van der Waals surface area contributed by atoms with Gasteiger partial charge in [-0.2, -0.15) is 0 Å². The third-order valence-corrected chi connectivity index (χ3v) is 4.45. The first kappa shape index (κ1) is 14.3. The van der Waals surface area contributed by atoms with E-state index in [1.165, 1.54) is 71.5 Å². The quantitative estimate of drug-likeness (QED) is 0.778. The van der Waals surface area contributed by atoms with Crippen LogP contribution in [0.2, 0.25) is 0 Å². The van der Waals surface area contributed by atoms with Crippen LogP contribution in [0.4, 0.5) is 0 Å². The monoisotopic (exact) mass is 253 g/mol. The Morgan fingerprint density at radius 3 is 2.06 bits per heavy atom. The predicted molar refractivity (Wildman–Crippen MR) is 78.0 cm³/mol. The SMILES string of the molecule is CC(C)NCC1CCN(CCN2CCCC2)CC1. The van der Waals surface area contributed by atoms with Crippen molar-refractivity contribution in [3.8, 4) is 0 Å². The summed E-state index contributed by atoms with van der Waals surface area (Å²) in [5.74, 6) is 0.912. The molecule has 106 valence electrons. The van der Waals surface area contributed by atoms with Crippen LogP contribution < -0.4 is 5.32 Å². The minimum absolute atomic E-state index is 0.637. The molecule has 2 heterocycles. The van der Waals surface area contributed by atoms with Crippen molar-refractivity contribution in [2.45, 2.75) is 45.6 Å². The van der Waals surface area contributed by atoms with E-state index in [-0.39, 0.29) is 0 Å². The topological polar surface area (TPSA) is 18.5 Å². The van der Waals surface area contributed by atoms with Gasteiger partial charge in [0.1, 0.15) is 0 Å². The van der Waals surface area contributed by atoms with Crippen LogP contribution in [0.5, 0.6) is 0 Å². The van der Waals surface area contributed by atoms with Crippen LogP contribution in [0, 0.1) is 5.92 Å². The third kappa shape index (κ3) is 4.87. The Kier molecular flexibility index (Phi) is 5.93. The summed E-state index contributed by atoms with van der Waals surface area (Å²) in [5.41, 5.74) is 0. The third-order valence-electron chi connectivity index (χ3n) is 4.45. The number of rotatable bonds is 6. The van der Waals surface area contributed by atoms with Gasteiger partial charge in [0, 0.05) is 19.1 Å². The second-order valence-electron chi connectivity index (χ2n) is 6.40. The zero-order chi connectivity index (χ0) is 12.8. The van der Waals surface area contributed by atoms with Gasteiger partial charge in [-0.05, 0) is 64.3 Å².